The van der Waals surface area contributed by atoms with Crippen molar-refractivity contribution in [1.82, 2.24) is 5.32 Å². The van der Waals surface area contributed by atoms with Gasteiger partial charge in [-0.2, -0.15) is 0 Å². The molecule has 0 aromatic heterocycles. The standard InChI is InChI=1S/C12H24ClNO2/c1-11(2,6-7-16-5)9-14-10(15)12(3,4)8-13/h6-9H2,1-5H3,(H,14,15). The minimum Gasteiger partial charge on any atom is -0.385 e. The number of alkyl halides is 1. The van der Waals surface area contributed by atoms with E-state index in [-0.39, 0.29) is 11.3 Å². The third kappa shape index (κ3) is 5.71. The van der Waals surface area contributed by atoms with Crippen LogP contribution < -0.4 is 5.32 Å². The van der Waals surface area contributed by atoms with E-state index in [0.29, 0.717) is 19.0 Å². The number of hydrogen-bond acceptors (Lipinski definition) is 2. The van der Waals surface area contributed by atoms with E-state index in [9.17, 15) is 4.79 Å². The molecule has 0 aromatic carbocycles. The molecular weight excluding hydrogens is 226 g/mol. The Morgan fingerprint density at radius 3 is 2.31 bits per heavy atom. The summed E-state index contributed by atoms with van der Waals surface area (Å²) in [5.41, 5.74) is -0.451. The molecule has 0 rings (SSSR count). The molecule has 0 aliphatic rings. The molecule has 96 valence electrons. The van der Waals surface area contributed by atoms with Gasteiger partial charge >= 0.3 is 0 Å². The van der Waals surface area contributed by atoms with Crippen LogP contribution in [-0.4, -0.2) is 32.0 Å². The fourth-order valence-electron chi connectivity index (χ4n) is 1.09. The lowest BCUT2D eigenvalue weighted by atomic mass is 9.88. The molecule has 4 heteroatoms. The molecule has 0 unspecified atom stereocenters. The summed E-state index contributed by atoms with van der Waals surface area (Å²) in [4.78, 5) is 11.8. The van der Waals surface area contributed by atoms with Crippen LogP contribution in [0.4, 0.5) is 0 Å². The van der Waals surface area contributed by atoms with Gasteiger partial charge in [-0.25, -0.2) is 0 Å². The van der Waals surface area contributed by atoms with Gasteiger partial charge in [0.25, 0.3) is 0 Å². The summed E-state index contributed by atoms with van der Waals surface area (Å²) in [6.45, 7) is 9.27. The van der Waals surface area contributed by atoms with Gasteiger partial charge in [0.1, 0.15) is 0 Å². The Kier molecular flexibility index (Phi) is 6.34. The van der Waals surface area contributed by atoms with Gasteiger partial charge in [-0.1, -0.05) is 13.8 Å². The van der Waals surface area contributed by atoms with Gasteiger partial charge in [-0.15, -0.1) is 11.6 Å². The van der Waals surface area contributed by atoms with Gasteiger partial charge in [0.05, 0.1) is 5.41 Å². The minimum absolute atomic E-state index is 0.00740. The Labute approximate surface area is 104 Å². The summed E-state index contributed by atoms with van der Waals surface area (Å²) in [5.74, 6) is 0.338. The quantitative estimate of drug-likeness (QED) is 0.704. The largest absolute Gasteiger partial charge is 0.385 e. The van der Waals surface area contributed by atoms with E-state index in [1.54, 1.807) is 7.11 Å². The average Bonchev–Trinajstić information content (AvgIpc) is 2.23. The molecule has 0 radical (unpaired) electrons. The lowest BCUT2D eigenvalue weighted by Crippen LogP contribution is -2.42. The lowest BCUT2D eigenvalue weighted by Gasteiger charge is -2.27. The molecule has 16 heavy (non-hydrogen) atoms. The summed E-state index contributed by atoms with van der Waals surface area (Å²) in [7, 11) is 1.69. The number of ether oxygens (including phenoxy) is 1. The van der Waals surface area contributed by atoms with Crippen molar-refractivity contribution in [3.05, 3.63) is 0 Å². The second-order valence-electron chi connectivity index (χ2n) is 5.61. The van der Waals surface area contributed by atoms with Crippen LogP contribution in [0.1, 0.15) is 34.1 Å². The average molecular weight is 250 g/mol. The highest BCUT2D eigenvalue weighted by Gasteiger charge is 2.28. The van der Waals surface area contributed by atoms with Gasteiger partial charge in [0.2, 0.25) is 5.91 Å². The fourth-order valence-corrected chi connectivity index (χ4v) is 1.21. The summed E-state index contributed by atoms with van der Waals surface area (Å²) in [5, 5.41) is 2.94. The number of halogens is 1. The Balaban J connectivity index is 4.09. The molecule has 0 saturated carbocycles. The maximum absolute atomic E-state index is 11.8. The fraction of sp³-hybridized carbons (Fsp3) is 0.917. The Morgan fingerprint density at radius 1 is 1.31 bits per heavy atom. The summed E-state index contributed by atoms with van der Waals surface area (Å²) in [6.07, 6.45) is 0.922. The maximum Gasteiger partial charge on any atom is 0.226 e. The predicted molar refractivity (Wildman–Crippen MR) is 67.8 cm³/mol. The first-order valence-corrected chi connectivity index (χ1v) is 6.12. The monoisotopic (exact) mass is 249 g/mol. The van der Waals surface area contributed by atoms with Crippen LogP contribution in [0.5, 0.6) is 0 Å². The van der Waals surface area contributed by atoms with Crippen molar-refractivity contribution >= 4 is 17.5 Å². The van der Waals surface area contributed by atoms with E-state index in [4.69, 9.17) is 16.3 Å². The van der Waals surface area contributed by atoms with Gasteiger partial charge < -0.3 is 10.1 Å². The summed E-state index contributed by atoms with van der Waals surface area (Å²) in [6, 6.07) is 0. The summed E-state index contributed by atoms with van der Waals surface area (Å²) >= 11 is 5.74. The van der Waals surface area contributed by atoms with Crippen molar-refractivity contribution in [1.29, 1.82) is 0 Å². The topological polar surface area (TPSA) is 38.3 Å². The normalized spacial score (nSPS) is 12.6. The zero-order valence-corrected chi connectivity index (χ0v) is 11.8. The second kappa shape index (κ2) is 6.45. The highest BCUT2D eigenvalue weighted by atomic mass is 35.5. The molecule has 1 N–H and O–H groups in total. The molecule has 0 heterocycles. The smallest absolute Gasteiger partial charge is 0.226 e. The highest BCUT2D eigenvalue weighted by Crippen LogP contribution is 2.21. The third-order valence-corrected chi connectivity index (χ3v) is 3.33. The van der Waals surface area contributed by atoms with E-state index < -0.39 is 5.41 Å². The van der Waals surface area contributed by atoms with Crippen LogP contribution >= 0.6 is 11.6 Å². The first-order valence-electron chi connectivity index (χ1n) is 5.58. The molecule has 0 spiro atoms. The van der Waals surface area contributed by atoms with E-state index in [2.05, 4.69) is 19.2 Å². The number of carbonyl (C=O) groups is 1. The third-order valence-electron chi connectivity index (χ3n) is 2.66. The first-order chi connectivity index (χ1) is 7.25. The molecule has 0 saturated heterocycles. The van der Waals surface area contributed by atoms with Crippen molar-refractivity contribution in [3.63, 3.8) is 0 Å². The zero-order chi connectivity index (χ0) is 12.8. The first kappa shape index (κ1) is 15.7. The van der Waals surface area contributed by atoms with Crippen LogP contribution in [-0.2, 0) is 9.53 Å². The van der Waals surface area contributed by atoms with Gasteiger partial charge in [-0.3, -0.25) is 4.79 Å². The summed E-state index contributed by atoms with van der Waals surface area (Å²) < 4.78 is 5.04. The van der Waals surface area contributed by atoms with Crippen LogP contribution in [0.2, 0.25) is 0 Å². The molecule has 0 aliphatic carbocycles. The van der Waals surface area contributed by atoms with Crippen molar-refractivity contribution < 1.29 is 9.53 Å². The van der Waals surface area contributed by atoms with Gasteiger partial charge in [0.15, 0.2) is 0 Å². The Morgan fingerprint density at radius 2 is 1.88 bits per heavy atom. The second-order valence-corrected chi connectivity index (χ2v) is 5.87. The molecule has 3 nitrogen and oxygen atoms in total. The van der Waals surface area contributed by atoms with E-state index in [0.717, 1.165) is 6.42 Å². The molecule has 0 fully saturated rings. The van der Waals surface area contributed by atoms with Crippen LogP contribution in [0.25, 0.3) is 0 Å². The number of carbonyl (C=O) groups excluding carboxylic acids is 1. The van der Waals surface area contributed by atoms with Crippen molar-refractivity contribution in [2.24, 2.45) is 10.8 Å². The van der Waals surface area contributed by atoms with Crippen LogP contribution in [0, 0.1) is 10.8 Å². The molecule has 0 aromatic rings. The Hall–Kier alpha value is -0.280. The van der Waals surface area contributed by atoms with Crippen LogP contribution in [0.15, 0.2) is 0 Å². The molecule has 0 atom stereocenters. The maximum atomic E-state index is 11.8. The van der Waals surface area contributed by atoms with Gasteiger partial charge in [0, 0.05) is 26.1 Å². The number of amides is 1. The lowest BCUT2D eigenvalue weighted by molar-refractivity contribution is -0.128. The minimum atomic E-state index is -0.501. The van der Waals surface area contributed by atoms with Crippen LogP contribution in [0.3, 0.4) is 0 Å². The highest BCUT2D eigenvalue weighted by molar-refractivity contribution is 6.19. The predicted octanol–water partition coefficient (Wildman–Crippen LogP) is 2.43. The van der Waals surface area contributed by atoms with Crippen molar-refractivity contribution in [2.75, 3.05) is 26.1 Å². The molecule has 0 bridgehead atoms. The van der Waals surface area contributed by atoms with Crippen molar-refractivity contribution in [2.45, 2.75) is 34.1 Å². The number of methoxy groups -OCH3 is 1. The Bertz CT molecular complexity index is 227. The number of rotatable bonds is 7. The molecular formula is C12H24ClNO2. The van der Waals surface area contributed by atoms with E-state index in [1.165, 1.54) is 0 Å². The molecule has 0 aliphatic heterocycles. The molecule has 1 amide bonds. The van der Waals surface area contributed by atoms with E-state index >= 15 is 0 Å². The van der Waals surface area contributed by atoms with Gasteiger partial charge in [-0.05, 0) is 25.7 Å². The zero-order valence-electron chi connectivity index (χ0n) is 11.0. The SMILES string of the molecule is COCCC(C)(C)CNC(=O)C(C)(C)CCl. The van der Waals surface area contributed by atoms with Crippen molar-refractivity contribution in [3.8, 4) is 0 Å². The number of nitrogens with one attached hydrogen (secondary N) is 1. The number of hydrogen-bond donors (Lipinski definition) is 1. The van der Waals surface area contributed by atoms with E-state index in [1.807, 2.05) is 13.8 Å².